The number of halogens is 6. The summed E-state index contributed by atoms with van der Waals surface area (Å²) in [5, 5.41) is 6.27. The van der Waals surface area contributed by atoms with Crippen molar-refractivity contribution in [1.29, 1.82) is 0 Å². The molecule has 4 rings (SSSR count). The van der Waals surface area contributed by atoms with Crippen LogP contribution in [0.1, 0.15) is 42.3 Å². The molecule has 2 aliphatic heterocycles. The highest BCUT2D eigenvalue weighted by Crippen LogP contribution is 2.35. The summed E-state index contributed by atoms with van der Waals surface area (Å²) in [6.45, 7) is 2.23. The van der Waals surface area contributed by atoms with Gasteiger partial charge in [-0.15, -0.1) is 0 Å². The van der Waals surface area contributed by atoms with Gasteiger partial charge in [-0.2, -0.15) is 13.2 Å². The molecule has 38 heavy (non-hydrogen) atoms. The molecule has 2 aromatic rings. The SMILES string of the molecule is O=C1NC(C(F)(F)F)=C(C(=O)NCCCN2CCC(c3ccc(F)cc3)CC2)[C@@H](c2ccc(F)c(F)c2)N1. The molecule has 12 heteroatoms. The monoisotopic (exact) mass is 540 g/mol. The molecule has 0 radical (unpaired) electrons. The van der Waals surface area contributed by atoms with Gasteiger partial charge in [0, 0.05) is 6.54 Å². The van der Waals surface area contributed by atoms with E-state index in [4.69, 9.17) is 0 Å². The number of hydrogen-bond acceptors (Lipinski definition) is 3. The van der Waals surface area contributed by atoms with E-state index in [-0.39, 0.29) is 17.9 Å². The van der Waals surface area contributed by atoms with E-state index >= 15 is 0 Å². The Hall–Kier alpha value is -3.54. The minimum atomic E-state index is -5.07. The molecule has 6 nitrogen and oxygen atoms in total. The van der Waals surface area contributed by atoms with Crippen LogP contribution in [0.3, 0.4) is 0 Å². The summed E-state index contributed by atoms with van der Waals surface area (Å²) < 4.78 is 81.5. The number of allylic oxidation sites excluding steroid dienone is 1. The average Bonchev–Trinajstić information content (AvgIpc) is 2.88. The number of urea groups is 1. The van der Waals surface area contributed by atoms with E-state index in [9.17, 15) is 35.9 Å². The molecule has 204 valence electrons. The van der Waals surface area contributed by atoms with E-state index in [0.29, 0.717) is 31.0 Å². The zero-order valence-corrected chi connectivity index (χ0v) is 20.2. The van der Waals surface area contributed by atoms with Crippen molar-refractivity contribution in [2.75, 3.05) is 26.2 Å². The lowest BCUT2D eigenvalue weighted by Crippen LogP contribution is -2.50. The van der Waals surface area contributed by atoms with E-state index in [0.717, 1.165) is 37.6 Å². The molecule has 0 saturated carbocycles. The lowest BCUT2D eigenvalue weighted by atomic mass is 9.89. The topological polar surface area (TPSA) is 73.5 Å². The highest BCUT2D eigenvalue weighted by molar-refractivity contribution is 5.99. The highest BCUT2D eigenvalue weighted by Gasteiger charge is 2.45. The van der Waals surface area contributed by atoms with Crippen LogP contribution >= 0.6 is 0 Å². The van der Waals surface area contributed by atoms with Gasteiger partial charge in [-0.3, -0.25) is 4.79 Å². The van der Waals surface area contributed by atoms with Crippen LogP contribution in [-0.2, 0) is 4.79 Å². The number of piperidine rings is 1. The average molecular weight is 541 g/mol. The Morgan fingerprint density at radius 2 is 1.63 bits per heavy atom. The second-order valence-corrected chi connectivity index (χ2v) is 9.27. The van der Waals surface area contributed by atoms with Crippen molar-refractivity contribution in [3.63, 3.8) is 0 Å². The van der Waals surface area contributed by atoms with Crippen LogP contribution in [0.4, 0.5) is 31.1 Å². The van der Waals surface area contributed by atoms with Crippen LogP contribution in [0.25, 0.3) is 0 Å². The number of hydrogen-bond donors (Lipinski definition) is 3. The first kappa shape index (κ1) is 27.5. The molecular formula is C26H26F6N4O2. The molecule has 2 aromatic carbocycles. The molecule has 2 heterocycles. The van der Waals surface area contributed by atoms with Gasteiger partial charge in [0.1, 0.15) is 11.5 Å². The standard InChI is InChI=1S/C26H26F6N4O2/c27-18-5-2-15(3-6-18)16-8-12-36(13-9-16)11-1-10-33-24(37)21-22(17-4-7-19(28)20(29)14-17)34-25(38)35-23(21)26(30,31)32/h2-7,14,16,22H,1,8-13H2,(H,33,37)(H2,34,35,38)/t22-/m1/s1. The van der Waals surface area contributed by atoms with Crippen molar-refractivity contribution in [2.45, 2.75) is 37.4 Å². The van der Waals surface area contributed by atoms with Gasteiger partial charge in [0.05, 0.1) is 11.6 Å². The summed E-state index contributed by atoms with van der Waals surface area (Å²) in [5.74, 6) is -3.60. The number of nitrogens with one attached hydrogen (secondary N) is 3. The predicted molar refractivity (Wildman–Crippen MR) is 126 cm³/mol. The number of nitrogens with zero attached hydrogens (tertiary/aromatic N) is 1. The number of benzene rings is 2. The quantitative estimate of drug-likeness (QED) is 0.354. The molecule has 1 saturated heterocycles. The Bertz CT molecular complexity index is 1210. The van der Waals surface area contributed by atoms with Gasteiger partial charge in [-0.05, 0) is 80.2 Å². The van der Waals surface area contributed by atoms with Crippen LogP contribution in [-0.4, -0.2) is 49.2 Å². The van der Waals surface area contributed by atoms with Crippen LogP contribution in [0.5, 0.6) is 0 Å². The Morgan fingerprint density at radius 3 is 2.26 bits per heavy atom. The van der Waals surface area contributed by atoms with Gasteiger partial charge >= 0.3 is 12.2 Å². The van der Waals surface area contributed by atoms with Crippen LogP contribution in [0.15, 0.2) is 53.7 Å². The fraction of sp³-hybridized carbons (Fsp3) is 0.385. The molecule has 3 amide bonds. The molecule has 0 aromatic heterocycles. The van der Waals surface area contributed by atoms with Crippen molar-refractivity contribution < 1.29 is 35.9 Å². The van der Waals surface area contributed by atoms with E-state index in [1.54, 1.807) is 17.4 Å². The maximum absolute atomic E-state index is 13.8. The van der Waals surface area contributed by atoms with Gasteiger partial charge in [0.2, 0.25) is 0 Å². The Balaban J connectivity index is 1.37. The van der Waals surface area contributed by atoms with E-state index in [1.807, 2.05) is 0 Å². The fourth-order valence-corrected chi connectivity index (χ4v) is 4.80. The van der Waals surface area contributed by atoms with Crippen LogP contribution < -0.4 is 16.0 Å². The molecule has 0 spiro atoms. The lowest BCUT2D eigenvalue weighted by Gasteiger charge is -2.32. The largest absolute Gasteiger partial charge is 0.431 e. The van der Waals surface area contributed by atoms with Crippen LogP contribution in [0.2, 0.25) is 0 Å². The Kier molecular flexibility index (Phi) is 8.29. The van der Waals surface area contributed by atoms with Crippen molar-refractivity contribution in [2.24, 2.45) is 0 Å². The molecule has 2 aliphatic rings. The minimum absolute atomic E-state index is 0.0593. The molecule has 1 fully saturated rings. The first-order valence-corrected chi connectivity index (χ1v) is 12.1. The van der Waals surface area contributed by atoms with Crippen molar-refractivity contribution >= 4 is 11.9 Å². The number of carbonyl (C=O) groups excluding carboxylic acids is 2. The minimum Gasteiger partial charge on any atom is -0.352 e. The van der Waals surface area contributed by atoms with Gasteiger partial charge in [0.15, 0.2) is 11.6 Å². The zero-order chi connectivity index (χ0) is 27.4. The second-order valence-electron chi connectivity index (χ2n) is 9.27. The molecule has 0 aliphatic carbocycles. The van der Waals surface area contributed by atoms with Crippen LogP contribution in [0, 0.1) is 17.5 Å². The van der Waals surface area contributed by atoms with Crippen molar-refractivity contribution in [1.82, 2.24) is 20.9 Å². The van der Waals surface area contributed by atoms with E-state index < -0.39 is 47.1 Å². The number of amides is 3. The second kappa shape index (κ2) is 11.5. The summed E-state index contributed by atoms with van der Waals surface area (Å²) in [4.78, 5) is 27.0. The van der Waals surface area contributed by atoms with Crippen molar-refractivity contribution in [3.05, 3.63) is 82.3 Å². The smallest absolute Gasteiger partial charge is 0.352 e. The van der Waals surface area contributed by atoms with E-state index in [1.165, 1.54) is 12.1 Å². The zero-order valence-electron chi connectivity index (χ0n) is 20.2. The molecular weight excluding hydrogens is 514 g/mol. The molecule has 3 N–H and O–H groups in total. The molecule has 0 bridgehead atoms. The maximum Gasteiger partial charge on any atom is 0.431 e. The van der Waals surface area contributed by atoms with E-state index in [2.05, 4.69) is 15.5 Å². The third-order valence-corrected chi connectivity index (χ3v) is 6.74. The van der Waals surface area contributed by atoms with Gasteiger partial charge in [-0.1, -0.05) is 18.2 Å². The predicted octanol–water partition coefficient (Wildman–Crippen LogP) is 4.66. The summed E-state index contributed by atoms with van der Waals surface area (Å²) in [6.07, 6.45) is -2.87. The van der Waals surface area contributed by atoms with Gasteiger partial charge in [0.25, 0.3) is 5.91 Å². The summed E-state index contributed by atoms with van der Waals surface area (Å²) in [6, 6.07) is 5.93. The lowest BCUT2D eigenvalue weighted by molar-refractivity contribution is -0.120. The number of likely N-dealkylation sites (tertiary alicyclic amines) is 1. The molecule has 0 unspecified atom stereocenters. The number of alkyl halides is 3. The fourth-order valence-electron chi connectivity index (χ4n) is 4.80. The third kappa shape index (κ3) is 6.47. The van der Waals surface area contributed by atoms with Gasteiger partial charge in [-0.25, -0.2) is 18.0 Å². The number of rotatable bonds is 7. The first-order chi connectivity index (χ1) is 18.0. The van der Waals surface area contributed by atoms with Crippen molar-refractivity contribution in [3.8, 4) is 0 Å². The number of carbonyl (C=O) groups is 2. The Labute approximate surface area is 215 Å². The maximum atomic E-state index is 13.8. The third-order valence-electron chi connectivity index (χ3n) is 6.74. The summed E-state index contributed by atoms with van der Waals surface area (Å²) in [5.41, 5.74) is -1.54. The summed E-state index contributed by atoms with van der Waals surface area (Å²) >= 11 is 0. The van der Waals surface area contributed by atoms with Gasteiger partial charge < -0.3 is 20.9 Å². The normalized spacial score (nSPS) is 19.2. The summed E-state index contributed by atoms with van der Waals surface area (Å²) in [7, 11) is 0. The highest BCUT2D eigenvalue weighted by atomic mass is 19.4. The first-order valence-electron chi connectivity index (χ1n) is 12.1. The Morgan fingerprint density at radius 1 is 0.974 bits per heavy atom. The molecule has 1 atom stereocenters.